The molecule has 11 rings (SSSR count). The second-order valence-corrected chi connectivity index (χ2v) is 15.4. The summed E-state index contributed by atoms with van der Waals surface area (Å²) >= 11 is 0. The van der Waals surface area contributed by atoms with Gasteiger partial charge in [0.25, 0.3) is 0 Å². The van der Waals surface area contributed by atoms with Crippen molar-refractivity contribution in [2.24, 2.45) is 0 Å². The zero-order valence-corrected chi connectivity index (χ0v) is 31.3. The zero-order valence-electron chi connectivity index (χ0n) is 31.3. The molecular formula is C53H38N2O. The van der Waals surface area contributed by atoms with Crippen molar-refractivity contribution in [3.8, 4) is 33.8 Å². The summed E-state index contributed by atoms with van der Waals surface area (Å²) in [4.78, 5) is 4.81. The number of rotatable bonds is 5. The lowest BCUT2D eigenvalue weighted by Crippen LogP contribution is -2.32. The van der Waals surface area contributed by atoms with E-state index in [1.807, 2.05) is 0 Å². The van der Waals surface area contributed by atoms with Gasteiger partial charge in [-0.15, -0.1) is 0 Å². The lowest BCUT2D eigenvalue weighted by Gasteiger charge is -2.45. The Hall–Kier alpha value is -7.10. The van der Waals surface area contributed by atoms with E-state index >= 15 is 0 Å². The second-order valence-electron chi connectivity index (χ2n) is 15.4. The standard InChI is InChI=1S/C53H38N2O/c1-53(2)46-18-10-11-19-48(46)55-50-44-17-9-8-15-38(44)25-33-49(50)56-52-45(31-32-47(53)51(52)55)39-23-28-42(29-24-39)54(43-30-22-36-14-6-7-16-40(36)34-43)41-26-20-37(21-27-41)35-12-4-3-5-13-35/h3-34H,1-2H3. The molecule has 0 atom stereocenters. The van der Waals surface area contributed by atoms with Gasteiger partial charge in [0, 0.05) is 33.4 Å². The van der Waals surface area contributed by atoms with Crippen molar-refractivity contribution >= 4 is 55.7 Å². The Balaban J connectivity index is 1.05. The molecule has 0 amide bonds. The van der Waals surface area contributed by atoms with Gasteiger partial charge in [-0.2, -0.15) is 0 Å². The van der Waals surface area contributed by atoms with Crippen LogP contribution in [0.2, 0.25) is 0 Å². The molecule has 9 aromatic carbocycles. The van der Waals surface area contributed by atoms with Gasteiger partial charge in [-0.1, -0.05) is 159 Å². The highest BCUT2D eigenvalue weighted by Gasteiger charge is 2.43. The number of anilines is 6. The molecule has 0 saturated heterocycles. The average molecular weight is 719 g/mol. The Morgan fingerprint density at radius 1 is 0.446 bits per heavy atom. The third-order valence-corrected chi connectivity index (χ3v) is 11.8. The zero-order chi connectivity index (χ0) is 37.4. The summed E-state index contributed by atoms with van der Waals surface area (Å²) in [5.41, 5.74) is 13.6. The first-order valence-electron chi connectivity index (χ1n) is 19.3. The largest absolute Gasteiger partial charge is 0.452 e. The van der Waals surface area contributed by atoms with Gasteiger partial charge in [0.2, 0.25) is 0 Å². The predicted octanol–water partition coefficient (Wildman–Crippen LogP) is 15.0. The van der Waals surface area contributed by atoms with Gasteiger partial charge < -0.3 is 14.5 Å². The molecule has 0 unspecified atom stereocenters. The van der Waals surface area contributed by atoms with Crippen LogP contribution in [0.5, 0.6) is 11.5 Å². The number of benzene rings is 9. The summed E-state index contributed by atoms with van der Waals surface area (Å²) in [6, 6.07) is 70.0. The molecule has 0 aliphatic carbocycles. The van der Waals surface area contributed by atoms with Crippen LogP contribution >= 0.6 is 0 Å². The van der Waals surface area contributed by atoms with Crippen molar-refractivity contribution in [1.29, 1.82) is 0 Å². The van der Waals surface area contributed by atoms with E-state index in [1.54, 1.807) is 0 Å². The molecule has 56 heavy (non-hydrogen) atoms. The molecule has 0 saturated carbocycles. The topological polar surface area (TPSA) is 15.7 Å². The van der Waals surface area contributed by atoms with Crippen molar-refractivity contribution < 1.29 is 4.74 Å². The van der Waals surface area contributed by atoms with Gasteiger partial charge in [-0.25, -0.2) is 0 Å². The summed E-state index contributed by atoms with van der Waals surface area (Å²) in [6.07, 6.45) is 0. The molecule has 0 N–H and O–H groups in total. The number of hydrogen-bond donors (Lipinski definition) is 0. The molecule has 266 valence electrons. The fraction of sp³-hybridized carbons (Fsp3) is 0.0566. The molecule has 2 aliphatic heterocycles. The van der Waals surface area contributed by atoms with E-state index in [4.69, 9.17) is 4.74 Å². The van der Waals surface area contributed by atoms with Crippen LogP contribution in [0.3, 0.4) is 0 Å². The number of fused-ring (bicyclic) bond motifs is 7. The third kappa shape index (κ3) is 4.98. The summed E-state index contributed by atoms with van der Waals surface area (Å²) in [5, 5.41) is 4.80. The van der Waals surface area contributed by atoms with Crippen LogP contribution in [-0.4, -0.2) is 0 Å². The molecular weight excluding hydrogens is 681 g/mol. The molecule has 0 bridgehead atoms. The van der Waals surface area contributed by atoms with Crippen LogP contribution in [0.1, 0.15) is 25.0 Å². The van der Waals surface area contributed by atoms with E-state index in [1.165, 1.54) is 49.5 Å². The first-order valence-corrected chi connectivity index (χ1v) is 19.3. The van der Waals surface area contributed by atoms with Crippen molar-refractivity contribution in [2.75, 3.05) is 9.80 Å². The molecule has 0 spiro atoms. The van der Waals surface area contributed by atoms with E-state index in [-0.39, 0.29) is 5.41 Å². The van der Waals surface area contributed by atoms with E-state index in [0.29, 0.717) is 0 Å². The first-order chi connectivity index (χ1) is 27.5. The van der Waals surface area contributed by atoms with Gasteiger partial charge in [-0.05, 0) is 92.5 Å². The van der Waals surface area contributed by atoms with E-state index in [0.717, 1.165) is 51.1 Å². The predicted molar refractivity (Wildman–Crippen MR) is 234 cm³/mol. The summed E-state index contributed by atoms with van der Waals surface area (Å²) < 4.78 is 7.08. The molecule has 0 radical (unpaired) electrons. The number of para-hydroxylation sites is 1. The van der Waals surface area contributed by atoms with Crippen LogP contribution in [0.25, 0.3) is 43.8 Å². The maximum Gasteiger partial charge on any atom is 0.159 e. The minimum atomic E-state index is -0.221. The third-order valence-electron chi connectivity index (χ3n) is 11.8. The average Bonchev–Trinajstić information content (AvgIpc) is 3.26. The van der Waals surface area contributed by atoms with Crippen LogP contribution < -0.4 is 14.5 Å². The fourth-order valence-corrected chi connectivity index (χ4v) is 8.97. The van der Waals surface area contributed by atoms with Crippen molar-refractivity contribution in [3.63, 3.8) is 0 Å². The van der Waals surface area contributed by atoms with Crippen LogP contribution in [0.4, 0.5) is 34.1 Å². The van der Waals surface area contributed by atoms with Crippen LogP contribution in [0, 0.1) is 0 Å². The van der Waals surface area contributed by atoms with Crippen LogP contribution in [-0.2, 0) is 5.41 Å². The summed E-state index contributed by atoms with van der Waals surface area (Å²) in [6.45, 7) is 4.67. The molecule has 9 aromatic rings. The minimum Gasteiger partial charge on any atom is -0.452 e. The van der Waals surface area contributed by atoms with Gasteiger partial charge >= 0.3 is 0 Å². The Morgan fingerprint density at radius 3 is 1.84 bits per heavy atom. The molecule has 3 heteroatoms. The SMILES string of the molecule is CC1(C)c2ccccc2N2c3c1ccc(-c1ccc(N(c4ccc(-c5ccccc5)cc4)c4ccc5ccccc5c4)cc1)c3Oc1ccc3ccccc3c12. The van der Waals surface area contributed by atoms with E-state index in [9.17, 15) is 0 Å². The number of hydrogen-bond acceptors (Lipinski definition) is 3. The Kier molecular flexibility index (Phi) is 7.20. The smallest absolute Gasteiger partial charge is 0.159 e. The Bertz CT molecular complexity index is 2970. The minimum absolute atomic E-state index is 0.221. The fourth-order valence-electron chi connectivity index (χ4n) is 8.97. The van der Waals surface area contributed by atoms with Crippen molar-refractivity contribution in [1.82, 2.24) is 0 Å². The number of nitrogens with zero attached hydrogens (tertiary/aromatic N) is 2. The van der Waals surface area contributed by atoms with E-state index in [2.05, 4.69) is 218 Å². The quantitative estimate of drug-likeness (QED) is 0.176. The molecule has 2 heterocycles. The second kappa shape index (κ2) is 12.5. The van der Waals surface area contributed by atoms with Gasteiger partial charge in [-0.3, -0.25) is 0 Å². The molecule has 2 aliphatic rings. The highest BCUT2D eigenvalue weighted by molar-refractivity contribution is 6.07. The lowest BCUT2D eigenvalue weighted by molar-refractivity contribution is 0.474. The van der Waals surface area contributed by atoms with E-state index < -0.39 is 0 Å². The maximum absolute atomic E-state index is 7.08. The summed E-state index contributed by atoms with van der Waals surface area (Å²) in [5.74, 6) is 1.76. The van der Waals surface area contributed by atoms with Crippen molar-refractivity contribution in [3.05, 3.63) is 205 Å². The molecule has 0 fully saturated rings. The van der Waals surface area contributed by atoms with Gasteiger partial charge in [0.1, 0.15) is 0 Å². The van der Waals surface area contributed by atoms with Crippen molar-refractivity contribution in [2.45, 2.75) is 19.3 Å². The Morgan fingerprint density at radius 2 is 1.05 bits per heavy atom. The Labute approximate surface area is 327 Å². The molecule has 0 aromatic heterocycles. The highest BCUT2D eigenvalue weighted by atomic mass is 16.5. The summed E-state index contributed by atoms with van der Waals surface area (Å²) in [7, 11) is 0. The lowest BCUT2D eigenvalue weighted by atomic mass is 9.72. The molecule has 3 nitrogen and oxygen atoms in total. The van der Waals surface area contributed by atoms with Gasteiger partial charge in [0.05, 0.1) is 17.1 Å². The van der Waals surface area contributed by atoms with Gasteiger partial charge in [0.15, 0.2) is 11.5 Å². The normalized spacial score (nSPS) is 13.4. The van der Waals surface area contributed by atoms with Crippen LogP contribution in [0.15, 0.2) is 194 Å². The monoisotopic (exact) mass is 718 g/mol. The highest BCUT2D eigenvalue weighted by Crippen LogP contribution is 2.63. The maximum atomic E-state index is 7.08. The first kappa shape index (κ1) is 32.3. The number of ether oxygens (including phenoxy) is 1.